The van der Waals surface area contributed by atoms with E-state index in [0.29, 0.717) is 22.5 Å². The highest BCUT2D eigenvalue weighted by Gasteiger charge is 2.16. The highest BCUT2D eigenvalue weighted by molar-refractivity contribution is 6.35. The maximum atomic E-state index is 12.3. The zero-order valence-electron chi connectivity index (χ0n) is 13.8. The average Bonchev–Trinajstić information content (AvgIpc) is 2.57. The normalized spacial score (nSPS) is 12.7. The topological polar surface area (TPSA) is 49.0 Å². The number of hydrogen-bond acceptors (Lipinski definition) is 3. The molecule has 0 saturated carbocycles. The van der Waals surface area contributed by atoms with E-state index in [1.54, 1.807) is 30.5 Å². The Hall–Kier alpha value is -2.17. The van der Waals surface area contributed by atoms with Crippen molar-refractivity contribution in [2.75, 3.05) is 7.05 Å². The first-order valence-corrected chi connectivity index (χ1v) is 8.38. The SMILES string of the molecule is CCC(c1cccnc1)N(C)Cc1cc(=O)c2cccc(Cl)c2[nH]1. The zero-order chi connectivity index (χ0) is 17.1. The number of para-hydroxylation sites is 1. The third-order valence-corrected chi connectivity index (χ3v) is 4.59. The molecule has 4 nitrogen and oxygen atoms in total. The van der Waals surface area contributed by atoms with Crippen molar-refractivity contribution in [1.82, 2.24) is 14.9 Å². The lowest BCUT2D eigenvalue weighted by Crippen LogP contribution is -2.25. The zero-order valence-corrected chi connectivity index (χ0v) is 14.5. The van der Waals surface area contributed by atoms with Gasteiger partial charge in [0, 0.05) is 42.1 Å². The molecule has 0 aliphatic rings. The van der Waals surface area contributed by atoms with Crippen LogP contribution in [0.1, 0.15) is 30.6 Å². The van der Waals surface area contributed by atoms with Gasteiger partial charge >= 0.3 is 0 Å². The van der Waals surface area contributed by atoms with Gasteiger partial charge in [-0.1, -0.05) is 30.7 Å². The van der Waals surface area contributed by atoms with Crippen LogP contribution in [0.4, 0.5) is 0 Å². The first-order valence-electron chi connectivity index (χ1n) is 8.00. The van der Waals surface area contributed by atoms with Crippen LogP contribution in [0, 0.1) is 0 Å². The number of pyridine rings is 2. The van der Waals surface area contributed by atoms with Crippen molar-refractivity contribution in [2.45, 2.75) is 25.9 Å². The summed E-state index contributed by atoms with van der Waals surface area (Å²) in [7, 11) is 2.05. The van der Waals surface area contributed by atoms with Crippen LogP contribution in [0.2, 0.25) is 5.02 Å². The third-order valence-electron chi connectivity index (χ3n) is 4.28. The van der Waals surface area contributed by atoms with Crippen molar-refractivity contribution in [3.63, 3.8) is 0 Å². The first-order chi connectivity index (χ1) is 11.6. The number of fused-ring (bicyclic) bond motifs is 1. The Labute approximate surface area is 146 Å². The fourth-order valence-corrected chi connectivity index (χ4v) is 3.35. The lowest BCUT2D eigenvalue weighted by atomic mass is 10.1. The molecule has 0 radical (unpaired) electrons. The Balaban J connectivity index is 1.91. The second kappa shape index (κ2) is 7.16. The Bertz CT molecular complexity index is 892. The molecule has 24 heavy (non-hydrogen) atoms. The van der Waals surface area contributed by atoms with Gasteiger partial charge < -0.3 is 4.98 Å². The molecule has 124 valence electrons. The number of nitrogens with one attached hydrogen (secondary N) is 1. The maximum Gasteiger partial charge on any atom is 0.189 e. The van der Waals surface area contributed by atoms with Crippen molar-refractivity contribution in [2.24, 2.45) is 0 Å². The van der Waals surface area contributed by atoms with Gasteiger partial charge in [0.05, 0.1) is 10.5 Å². The molecule has 5 heteroatoms. The van der Waals surface area contributed by atoms with Crippen molar-refractivity contribution in [3.8, 4) is 0 Å². The van der Waals surface area contributed by atoms with E-state index in [1.807, 2.05) is 12.3 Å². The molecule has 0 aliphatic heterocycles. The second-order valence-electron chi connectivity index (χ2n) is 5.95. The molecule has 0 bridgehead atoms. The van der Waals surface area contributed by atoms with Crippen LogP contribution < -0.4 is 5.43 Å². The van der Waals surface area contributed by atoms with Gasteiger partial charge in [-0.15, -0.1) is 0 Å². The summed E-state index contributed by atoms with van der Waals surface area (Å²) in [5, 5.41) is 1.18. The quantitative estimate of drug-likeness (QED) is 0.758. The van der Waals surface area contributed by atoms with Gasteiger partial charge in [0.2, 0.25) is 0 Å². The largest absolute Gasteiger partial charge is 0.356 e. The summed E-state index contributed by atoms with van der Waals surface area (Å²) < 4.78 is 0. The molecule has 1 atom stereocenters. The Morgan fingerprint density at radius 3 is 2.83 bits per heavy atom. The minimum absolute atomic E-state index is 0.0101. The summed E-state index contributed by atoms with van der Waals surface area (Å²) in [5.74, 6) is 0. The Morgan fingerprint density at radius 1 is 1.29 bits per heavy atom. The minimum Gasteiger partial charge on any atom is -0.356 e. The predicted molar refractivity (Wildman–Crippen MR) is 98.3 cm³/mol. The monoisotopic (exact) mass is 341 g/mol. The van der Waals surface area contributed by atoms with Gasteiger partial charge in [-0.25, -0.2) is 0 Å². The van der Waals surface area contributed by atoms with E-state index in [1.165, 1.54) is 5.56 Å². The van der Waals surface area contributed by atoms with Crippen LogP contribution in [0.5, 0.6) is 0 Å². The molecule has 3 rings (SSSR count). The van der Waals surface area contributed by atoms with E-state index in [0.717, 1.165) is 12.1 Å². The average molecular weight is 342 g/mol. The summed E-state index contributed by atoms with van der Waals surface area (Å²) in [6, 6.07) is 11.3. The molecule has 2 aromatic heterocycles. The highest BCUT2D eigenvalue weighted by Crippen LogP contribution is 2.24. The van der Waals surface area contributed by atoms with Gasteiger partial charge in [-0.3, -0.25) is 14.7 Å². The molecule has 0 aliphatic carbocycles. The van der Waals surface area contributed by atoms with Crippen molar-refractivity contribution in [3.05, 3.63) is 75.3 Å². The number of aromatic amines is 1. The second-order valence-corrected chi connectivity index (χ2v) is 6.35. The molecule has 2 heterocycles. The standard InChI is InChI=1S/C19H20ClN3O/c1-3-17(13-6-5-9-21-11-13)23(2)12-14-10-18(24)15-7-4-8-16(20)19(15)22-14/h4-11,17H,3,12H2,1-2H3,(H,22,24). The van der Waals surface area contributed by atoms with Crippen LogP contribution in [-0.2, 0) is 6.54 Å². The lowest BCUT2D eigenvalue weighted by molar-refractivity contribution is 0.227. The smallest absolute Gasteiger partial charge is 0.189 e. The van der Waals surface area contributed by atoms with Crippen molar-refractivity contribution < 1.29 is 0 Å². The highest BCUT2D eigenvalue weighted by atomic mass is 35.5. The van der Waals surface area contributed by atoms with Gasteiger partial charge in [0.25, 0.3) is 0 Å². The van der Waals surface area contributed by atoms with E-state index in [4.69, 9.17) is 11.6 Å². The number of nitrogens with zero attached hydrogens (tertiary/aromatic N) is 2. The molecular weight excluding hydrogens is 322 g/mol. The fraction of sp³-hybridized carbons (Fsp3) is 0.263. The number of rotatable bonds is 5. The molecule has 0 saturated heterocycles. The Kier molecular flexibility index (Phi) is 4.97. The number of halogens is 1. The molecule has 3 aromatic rings. The van der Waals surface area contributed by atoms with E-state index < -0.39 is 0 Å². The van der Waals surface area contributed by atoms with E-state index in [-0.39, 0.29) is 11.5 Å². The molecule has 1 N–H and O–H groups in total. The van der Waals surface area contributed by atoms with Crippen LogP contribution in [0.25, 0.3) is 10.9 Å². The van der Waals surface area contributed by atoms with Crippen molar-refractivity contribution in [1.29, 1.82) is 0 Å². The summed E-state index contributed by atoms with van der Waals surface area (Å²) >= 11 is 6.23. The molecular formula is C19H20ClN3O. The summed E-state index contributed by atoms with van der Waals surface area (Å²) in [5.41, 5.74) is 2.71. The number of H-pyrrole nitrogens is 1. The van der Waals surface area contributed by atoms with E-state index in [2.05, 4.69) is 34.9 Å². The molecule has 0 amide bonds. The maximum absolute atomic E-state index is 12.3. The van der Waals surface area contributed by atoms with Crippen LogP contribution in [-0.4, -0.2) is 21.9 Å². The number of aromatic nitrogens is 2. The summed E-state index contributed by atoms with van der Waals surface area (Å²) in [6.45, 7) is 2.78. The molecule has 1 aromatic carbocycles. The van der Waals surface area contributed by atoms with Gasteiger partial charge in [0.15, 0.2) is 5.43 Å². The van der Waals surface area contributed by atoms with Crippen LogP contribution >= 0.6 is 11.6 Å². The minimum atomic E-state index is -0.0101. The van der Waals surface area contributed by atoms with Crippen LogP contribution in [0.3, 0.4) is 0 Å². The molecule has 0 fully saturated rings. The van der Waals surface area contributed by atoms with Gasteiger partial charge in [-0.05, 0) is 37.2 Å². The fourth-order valence-electron chi connectivity index (χ4n) is 3.13. The summed E-state index contributed by atoms with van der Waals surface area (Å²) in [6.07, 6.45) is 4.63. The van der Waals surface area contributed by atoms with Gasteiger partial charge in [-0.2, -0.15) is 0 Å². The Morgan fingerprint density at radius 2 is 2.12 bits per heavy atom. The van der Waals surface area contributed by atoms with Crippen molar-refractivity contribution >= 4 is 22.5 Å². The lowest BCUT2D eigenvalue weighted by Gasteiger charge is -2.27. The number of hydrogen-bond donors (Lipinski definition) is 1. The van der Waals surface area contributed by atoms with E-state index in [9.17, 15) is 4.79 Å². The summed E-state index contributed by atoms with van der Waals surface area (Å²) in [4.78, 5) is 22.1. The molecule has 0 spiro atoms. The number of benzene rings is 1. The molecule has 1 unspecified atom stereocenters. The first kappa shape index (κ1) is 16.7. The van der Waals surface area contributed by atoms with Crippen LogP contribution in [0.15, 0.2) is 53.6 Å². The third kappa shape index (κ3) is 3.35. The van der Waals surface area contributed by atoms with E-state index >= 15 is 0 Å². The van der Waals surface area contributed by atoms with Gasteiger partial charge in [0.1, 0.15) is 0 Å². The predicted octanol–water partition coefficient (Wildman–Crippen LogP) is 4.16.